The van der Waals surface area contributed by atoms with Gasteiger partial charge in [0.05, 0.1) is 6.54 Å². The van der Waals surface area contributed by atoms with E-state index in [4.69, 9.17) is 0 Å². The summed E-state index contributed by atoms with van der Waals surface area (Å²) in [5.74, 6) is 0.742. The van der Waals surface area contributed by atoms with Gasteiger partial charge in [0.15, 0.2) is 0 Å². The highest BCUT2D eigenvalue weighted by atomic mass is 35.5. The summed E-state index contributed by atoms with van der Waals surface area (Å²) < 4.78 is 0. The van der Waals surface area contributed by atoms with Crippen LogP contribution in [-0.2, 0) is 4.79 Å². The first-order valence-corrected chi connectivity index (χ1v) is 6.39. The standard InChI is InChI=1S/C12H25N3O.2ClH/c1-4-15(5-2)9-12(16)14-11-8-13-7-6-10(11)3;;/h10-11,13H,4-9H2,1-3H3,(H,14,16);2*1H. The van der Waals surface area contributed by atoms with Gasteiger partial charge in [-0.3, -0.25) is 9.69 Å². The molecule has 1 saturated heterocycles. The van der Waals surface area contributed by atoms with Crippen molar-refractivity contribution in [2.75, 3.05) is 32.7 Å². The SMILES string of the molecule is CCN(CC)CC(=O)NC1CNCCC1C.Cl.Cl. The van der Waals surface area contributed by atoms with Gasteiger partial charge in [0.25, 0.3) is 0 Å². The monoisotopic (exact) mass is 299 g/mol. The first-order valence-electron chi connectivity index (χ1n) is 6.39. The molecule has 2 atom stereocenters. The molecule has 110 valence electrons. The van der Waals surface area contributed by atoms with Crippen LogP contribution in [-0.4, -0.2) is 49.6 Å². The second-order valence-electron chi connectivity index (χ2n) is 4.61. The van der Waals surface area contributed by atoms with Crippen LogP contribution >= 0.6 is 24.8 Å². The molecule has 0 radical (unpaired) electrons. The smallest absolute Gasteiger partial charge is 0.234 e. The van der Waals surface area contributed by atoms with Crippen molar-refractivity contribution >= 4 is 30.7 Å². The van der Waals surface area contributed by atoms with Gasteiger partial charge >= 0.3 is 0 Å². The van der Waals surface area contributed by atoms with E-state index in [0.717, 1.165) is 32.6 Å². The lowest BCUT2D eigenvalue weighted by molar-refractivity contribution is -0.123. The summed E-state index contributed by atoms with van der Waals surface area (Å²) in [4.78, 5) is 13.9. The zero-order chi connectivity index (χ0) is 12.0. The number of piperidine rings is 1. The molecular weight excluding hydrogens is 273 g/mol. The molecule has 1 aliphatic heterocycles. The Balaban J connectivity index is 0. The van der Waals surface area contributed by atoms with Gasteiger partial charge in [-0.1, -0.05) is 20.8 Å². The van der Waals surface area contributed by atoms with E-state index in [-0.39, 0.29) is 30.7 Å². The highest BCUT2D eigenvalue weighted by Gasteiger charge is 2.22. The van der Waals surface area contributed by atoms with Crippen molar-refractivity contribution in [2.45, 2.75) is 33.2 Å². The minimum absolute atomic E-state index is 0. The second-order valence-corrected chi connectivity index (χ2v) is 4.61. The minimum Gasteiger partial charge on any atom is -0.351 e. The highest BCUT2D eigenvalue weighted by Crippen LogP contribution is 2.10. The zero-order valence-corrected chi connectivity index (χ0v) is 13.2. The first kappa shape index (κ1) is 20.3. The van der Waals surface area contributed by atoms with Gasteiger partial charge in [-0.25, -0.2) is 0 Å². The average Bonchev–Trinajstić information content (AvgIpc) is 2.29. The molecule has 2 N–H and O–H groups in total. The zero-order valence-electron chi connectivity index (χ0n) is 11.6. The fraction of sp³-hybridized carbons (Fsp3) is 0.917. The lowest BCUT2D eigenvalue weighted by atomic mass is 9.95. The van der Waals surface area contributed by atoms with Crippen LogP contribution in [0.1, 0.15) is 27.2 Å². The normalized spacial score (nSPS) is 22.9. The molecule has 1 amide bonds. The number of hydrogen-bond donors (Lipinski definition) is 2. The number of carbonyl (C=O) groups excluding carboxylic acids is 1. The first-order chi connectivity index (χ1) is 7.67. The molecule has 0 spiro atoms. The molecule has 0 aliphatic carbocycles. The lowest BCUT2D eigenvalue weighted by Gasteiger charge is -2.31. The van der Waals surface area contributed by atoms with Crippen LogP contribution in [0.2, 0.25) is 0 Å². The summed E-state index contributed by atoms with van der Waals surface area (Å²) in [5.41, 5.74) is 0. The summed E-state index contributed by atoms with van der Waals surface area (Å²) in [7, 11) is 0. The number of halogens is 2. The molecule has 1 rings (SSSR count). The molecule has 0 aromatic rings. The van der Waals surface area contributed by atoms with E-state index in [0.29, 0.717) is 18.5 Å². The van der Waals surface area contributed by atoms with Gasteiger partial charge in [-0.05, 0) is 32.0 Å². The second kappa shape index (κ2) is 10.9. The largest absolute Gasteiger partial charge is 0.351 e. The quantitative estimate of drug-likeness (QED) is 0.804. The lowest BCUT2D eigenvalue weighted by Crippen LogP contribution is -2.52. The van der Waals surface area contributed by atoms with Crippen molar-refractivity contribution in [1.29, 1.82) is 0 Å². The topological polar surface area (TPSA) is 44.4 Å². The van der Waals surface area contributed by atoms with Crippen LogP contribution in [0, 0.1) is 5.92 Å². The fourth-order valence-corrected chi connectivity index (χ4v) is 2.09. The number of carbonyl (C=O) groups is 1. The van der Waals surface area contributed by atoms with E-state index in [2.05, 4.69) is 36.3 Å². The van der Waals surface area contributed by atoms with Gasteiger partial charge in [0.1, 0.15) is 0 Å². The Kier molecular flexibility index (Phi) is 12.2. The van der Waals surface area contributed by atoms with Crippen LogP contribution in [0.15, 0.2) is 0 Å². The van der Waals surface area contributed by atoms with E-state index in [1.54, 1.807) is 0 Å². The third kappa shape index (κ3) is 6.78. The maximum absolute atomic E-state index is 11.8. The van der Waals surface area contributed by atoms with Crippen LogP contribution in [0.4, 0.5) is 0 Å². The molecule has 0 saturated carbocycles. The Morgan fingerprint density at radius 1 is 1.33 bits per heavy atom. The Hall–Kier alpha value is -0.0300. The summed E-state index contributed by atoms with van der Waals surface area (Å²) in [5, 5.41) is 6.45. The molecule has 0 aromatic carbocycles. The number of rotatable bonds is 5. The Morgan fingerprint density at radius 3 is 2.44 bits per heavy atom. The van der Waals surface area contributed by atoms with Crippen molar-refractivity contribution in [3.8, 4) is 0 Å². The third-order valence-corrected chi connectivity index (χ3v) is 3.44. The molecule has 1 heterocycles. The summed E-state index contributed by atoms with van der Waals surface area (Å²) in [6.45, 7) is 10.8. The van der Waals surface area contributed by atoms with Gasteiger partial charge in [-0.2, -0.15) is 0 Å². The molecule has 18 heavy (non-hydrogen) atoms. The van der Waals surface area contributed by atoms with Gasteiger partial charge in [-0.15, -0.1) is 24.8 Å². The predicted molar refractivity (Wildman–Crippen MR) is 80.9 cm³/mol. The predicted octanol–water partition coefficient (Wildman–Crippen LogP) is 1.29. The van der Waals surface area contributed by atoms with Crippen molar-refractivity contribution in [1.82, 2.24) is 15.5 Å². The highest BCUT2D eigenvalue weighted by molar-refractivity contribution is 5.85. The number of hydrogen-bond acceptors (Lipinski definition) is 3. The summed E-state index contributed by atoms with van der Waals surface area (Å²) in [6, 6.07) is 0.303. The van der Waals surface area contributed by atoms with Crippen molar-refractivity contribution < 1.29 is 4.79 Å². The fourth-order valence-electron chi connectivity index (χ4n) is 2.09. The van der Waals surface area contributed by atoms with Crippen molar-refractivity contribution in [3.05, 3.63) is 0 Å². The number of nitrogens with zero attached hydrogens (tertiary/aromatic N) is 1. The Bertz CT molecular complexity index is 225. The van der Waals surface area contributed by atoms with E-state index in [1.807, 2.05) is 0 Å². The van der Waals surface area contributed by atoms with Crippen LogP contribution in [0.25, 0.3) is 0 Å². The van der Waals surface area contributed by atoms with Gasteiger partial charge in [0, 0.05) is 12.6 Å². The van der Waals surface area contributed by atoms with Crippen molar-refractivity contribution in [2.24, 2.45) is 5.92 Å². The minimum atomic E-state index is 0. The molecule has 1 aliphatic rings. The molecule has 6 heteroatoms. The Morgan fingerprint density at radius 2 is 1.94 bits per heavy atom. The molecular formula is C12H27Cl2N3O. The Labute approximate surface area is 123 Å². The molecule has 2 unspecified atom stereocenters. The maximum atomic E-state index is 11.8. The van der Waals surface area contributed by atoms with Gasteiger partial charge < -0.3 is 10.6 Å². The molecule has 1 fully saturated rings. The number of nitrogens with one attached hydrogen (secondary N) is 2. The van der Waals surface area contributed by atoms with Crippen LogP contribution in [0.3, 0.4) is 0 Å². The van der Waals surface area contributed by atoms with E-state index < -0.39 is 0 Å². The summed E-state index contributed by atoms with van der Waals surface area (Å²) in [6.07, 6.45) is 1.15. The molecule has 4 nitrogen and oxygen atoms in total. The molecule has 0 aromatic heterocycles. The van der Waals surface area contributed by atoms with E-state index in [9.17, 15) is 4.79 Å². The maximum Gasteiger partial charge on any atom is 0.234 e. The van der Waals surface area contributed by atoms with Crippen LogP contribution in [0.5, 0.6) is 0 Å². The summed E-state index contributed by atoms with van der Waals surface area (Å²) >= 11 is 0. The van der Waals surface area contributed by atoms with E-state index >= 15 is 0 Å². The molecule has 0 bridgehead atoms. The third-order valence-electron chi connectivity index (χ3n) is 3.44. The van der Waals surface area contributed by atoms with E-state index in [1.165, 1.54) is 0 Å². The van der Waals surface area contributed by atoms with Crippen molar-refractivity contribution in [3.63, 3.8) is 0 Å². The van der Waals surface area contributed by atoms with Gasteiger partial charge in [0.2, 0.25) is 5.91 Å². The van der Waals surface area contributed by atoms with Crippen LogP contribution < -0.4 is 10.6 Å². The average molecular weight is 300 g/mol. The number of amides is 1. The number of likely N-dealkylation sites (N-methyl/N-ethyl adjacent to an activating group) is 1.